The number of hydrogen-bond donors (Lipinski definition) is 0. The van der Waals surface area contributed by atoms with Gasteiger partial charge in [-0.15, -0.1) is 0 Å². The van der Waals surface area contributed by atoms with E-state index in [2.05, 4.69) is 9.97 Å². The second-order valence-corrected chi connectivity index (χ2v) is 7.78. The molecule has 0 aliphatic rings. The van der Waals surface area contributed by atoms with Crippen molar-refractivity contribution in [1.29, 1.82) is 0 Å². The molecule has 10 heteroatoms. The van der Waals surface area contributed by atoms with Crippen LogP contribution in [0.4, 0.5) is 5.13 Å². The third kappa shape index (κ3) is 4.51. The molecule has 0 bridgehead atoms. The molecule has 0 N–H and O–H groups in total. The summed E-state index contributed by atoms with van der Waals surface area (Å²) in [5.74, 6) is 1.07. The molecule has 0 atom stereocenters. The molecule has 0 spiro atoms. The van der Waals surface area contributed by atoms with E-state index in [0.29, 0.717) is 22.1 Å². The molecule has 170 valence electrons. The number of anilines is 1. The van der Waals surface area contributed by atoms with Crippen molar-refractivity contribution in [3.05, 3.63) is 59.8 Å². The molecule has 9 nitrogen and oxygen atoms in total. The molecular formula is C23H22N4O5S. The predicted molar refractivity (Wildman–Crippen MR) is 125 cm³/mol. The number of amides is 1. The summed E-state index contributed by atoms with van der Waals surface area (Å²) in [6, 6.07) is 14.7. The highest BCUT2D eigenvalue weighted by molar-refractivity contribution is 7.22. The number of thiazole rings is 1. The normalized spacial score (nSPS) is 10.7. The van der Waals surface area contributed by atoms with Gasteiger partial charge in [-0.05, 0) is 17.7 Å². The lowest BCUT2D eigenvalue weighted by atomic mass is 10.2. The van der Waals surface area contributed by atoms with E-state index in [9.17, 15) is 4.79 Å². The van der Waals surface area contributed by atoms with Gasteiger partial charge in [-0.2, -0.15) is 9.97 Å². The largest absolute Gasteiger partial charge is 0.495 e. The summed E-state index contributed by atoms with van der Waals surface area (Å²) in [4.78, 5) is 28.3. The van der Waals surface area contributed by atoms with Crippen LogP contribution in [0, 0.1) is 0 Å². The summed E-state index contributed by atoms with van der Waals surface area (Å²) in [6.45, 7) is 0.277. The van der Waals surface area contributed by atoms with Crippen LogP contribution in [0.25, 0.3) is 10.2 Å². The van der Waals surface area contributed by atoms with Gasteiger partial charge in [-0.25, -0.2) is 4.98 Å². The van der Waals surface area contributed by atoms with Crippen LogP contribution in [-0.4, -0.2) is 49.3 Å². The van der Waals surface area contributed by atoms with Crippen molar-refractivity contribution in [3.63, 3.8) is 0 Å². The van der Waals surface area contributed by atoms with Gasteiger partial charge in [0, 0.05) is 6.07 Å². The zero-order chi connectivity index (χ0) is 23.4. The molecule has 1 amide bonds. The first-order valence-corrected chi connectivity index (χ1v) is 10.7. The number of hydrogen-bond acceptors (Lipinski definition) is 9. The van der Waals surface area contributed by atoms with Gasteiger partial charge in [0.1, 0.15) is 27.4 Å². The Balaban J connectivity index is 1.85. The van der Waals surface area contributed by atoms with Gasteiger partial charge in [0.15, 0.2) is 5.13 Å². The van der Waals surface area contributed by atoms with Crippen LogP contribution in [0.2, 0.25) is 0 Å². The highest BCUT2D eigenvalue weighted by atomic mass is 32.1. The molecular weight excluding hydrogens is 444 g/mol. The number of rotatable bonds is 8. The Morgan fingerprint density at radius 2 is 1.61 bits per heavy atom. The highest BCUT2D eigenvalue weighted by Gasteiger charge is 2.26. The third-order valence-corrected chi connectivity index (χ3v) is 5.94. The van der Waals surface area contributed by atoms with Gasteiger partial charge in [0.25, 0.3) is 5.91 Å². The summed E-state index contributed by atoms with van der Waals surface area (Å²) in [6.07, 6.45) is 0. The molecule has 0 radical (unpaired) electrons. The van der Waals surface area contributed by atoms with Crippen LogP contribution in [0.5, 0.6) is 23.4 Å². The average molecular weight is 467 g/mol. The highest BCUT2D eigenvalue weighted by Crippen LogP contribution is 2.40. The molecule has 4 aromatic rings. The van der Waals surface area contributed by atoms with Crippen molar-refractivity contribution in [1.82, 2.24) is 15.0 Å². The lowest BCUT2D eigenvalue weighted by Gasteiger charge is -2.20. The first-order chi connectivity index (χ1) is 16.1. The topological polar surface area (TPSA) is 95.9 Å². The molecule has 0 saturated carbocycles. The first-order valence-electron chi connectivity index (χ1n) is 9.92. The van der Waals surface area contributed by atoms with Gasteiger partial charge in [-0.3, -0.25) is 9.69 Å². The Kier molecular flexibility index (Phi) is 6.55. The minimum Gasteiger partial charge on any atom is -0.495 e. The summed E-state index contributed by atoms with van der Waals surface area (Å²) in [5, 5.41) is 0.471. The van der Waals surface area contributed by atoms with Crippen molar-refractivity contribution in [2.45, 2.75) is 6.54 Å². The Bertz CT molecular complexity index is 1220. The van der Waals surface area contributed by atoms with Crippen LogP contribution in [0.15, 0.2) is 48.5 Å². The summed E-state index contributed by atoms with van der Waals surface area (Å²) >= 11 is 1.33. The van der Waals surface area contributed by atoms with Crippen molar-refractivity contribution < 1.29 is 23.7 Å². The maximum atomic E-state index is 13.7. The van der Waals surface area contributed by atoms with E-state index in [4.69, 9.17) is 23.9 Å². The molecule has 0 aliphatic carbocycles. The molecule has 0 fully saturated rings. The van der Waals surface area contributed by atoms with Crippen molar-refractivity contribution in [2.75, 3.05) is 33.3 Å². The van der Waals surface area contributed by atoms with Gasteiger partial charge >= 0.3 is 6.01 Å². The fourth-order valence-electron chi connectivity index (χ4n) is 3.23. The van der Waals surface area contributed by atoms with E-state index < -0.39 is 0 Å². The van der Waals surface area contributed by atoms with E-state index >= 15 is 0 Å². The molecule has 2 aromatic heterocycles. The Morgan fingerprint density at radius 3 is 2.27 bits per heavy atom. The van der Waals surface area contributed by atoms with Crippen molar-refractivity contribution in [3.8, 4) is 23.4 Å². The fourth-order valence-corrected chi connectivity index (χ4v) is 4.30. The molecule has 0 unspecified atom stereocenters. The summed E-state index contributed by atoms with van der Waals surface area (Å²) < 4.78 is 22.1. The number of ether oxygens (including phenoxy) is 4. The summed E-state index contributed by atoms with van der Waals surface area (Å²) in [5.41, 5.74) is 1.66. The quantitative estimate of drug-likeness (QED) is 0.385. The standard InChI is InChI=1S/C23H22N4O5S/c1-29-16-10-11-17(30-2)20-19(16)26-23(33-20)27(13-14-8-6-5-7-9-14)21(28)15-12-18(31-3)25-22(24-15)32-4/h5-12H,13H2,1-4H3. The van der Waals surface area contributed by atoms with Gasteiger partial charge < -0.3 is 18.9 Å². The lowest BCUT2D eigenvalue weighted by Crippen LogP contribution is -2.31. The molecule has 0 saturated heterocycles. The zero-order valence-corrected chi connectivity index (χ0v) is 19.4. The number of fused-ring (bicyclic) bond motifs is 1. The van der Waals surface area contributed by atoms with E-state index in [1.54, 1.807) is 25.2 Å². The van der Waals surface area contributed by atoms with Crippen molar-refractivity contribution >= 4 is 32.6 Å². The zero-order valence-electron chi connectivity index (χ0n) is 18.6. The van der Waals surface area contributed by atoms with Crippen LogP contribution in [0.3, 0.4) is 0 Å². The Labute approximate surface area is 194 Å². The minimum atomic E-state index is -0.380. The number of aromatic nitrogens is 3. The molecule has 4 rings (SSSR count). The SMILES string of the molecule is COc1cc(C(=O)N(Cc2ccccc2)c2nc3c(OC)ccc(OC)c3s2)nc(OC)n1. The maximum Gasteiger partial charge on any atom is 0.320 e. The number of carbonyl (C=O) groups is 1. The molecule has 0 aliphatic heterocycles. The number of carbonyl (C=O) groups excluding carboxylic acids is 1. The first kappa shape index (κ1) is 22.3. The maximum absolute atomic E-state index is 13.7. The summed E-state index contributed by atoms with van der Waals surface area (Å²) in [7, 11) is 6.06. The van der Waals surface area contributed by atoms with Crippen LogP contribution < -0.4 is 23.8 Å². The second kappa shape index (κ2) is 9.70. The van der Waals surface area contributed by atoms with Crippen molar-refractivity contribution in [2.24, 2.45) is 0 Å². The van der Waals surface area contributed by atoms with E-state index in [1.807, 2.05) is 36.4 Å². The average Bonchev–Trinajstić information content (AvgIpc) is 3.31. The molecule has 2 heterocycles. The molecule has 33 heavy (non-hydrogen) atoms. The third-order valence-electron chi connectivity index (χ3n) is 4.85. The van der Waals surface area contributed by atoms with Crippen LogP contribution in [-0.2, 0) is 6.54 Å². The number of nitrogens with zero attached hydrogens (tertiary/aromatic N) is 4. The fraction of sp³-hybridized carbons (Fsp3) is 0.217. The van der Waals surface area contributed by atoms with Crippen LogP contribution in [0.1, 0.15) is 16.1 Å². The number of methoxy groups -OCH3 is 4. The lowest BCUT2D eigenvalue weighted by molar-refractivity contribution is 0.0978. The van der Waals surface area contributed by atoms with E-state index in [1.165, 1.54) is 31.6 Å². The number of benzene rings is 2. The second-order valence-electron chi connectivity index (χ2n) is 6.80. The van der Waals surface area contributed by atoms with E-state index in [0.717, 1.165) is 10.3 Å². The van der Waals surface area contributed by atoms with Crippen LogP contribution >= 0.6 is 11.3 Å². The van der Waals surface area contributed by atoms with Gasteiger partial charge in [0.2, 0.25) is 5.88 Å². The predicted octanol–water partition coefficient (Wildman–Crippen LogP) is 3.97. The molecule has 2 aromatic carbocycles. The Hall–Kier alpha value is -3.92. The van der Waals surface area contributed by atoms with Gasteiger partial charge in [0.05, 0.1) is 35.0 Å². The monoisotopic (exact) mass is 466 g/mol. The smallest absolute Gasteiger partial charge is 0.320 e. The Morgan fingerprint density at radius 1 is 0.879 bits per heavy atom. The minimum absolute atomic E-state index is 0.0324. The van der Waals surface area contributed by atoms with Gasteiger partial charge in [-0.1, -0.05) is 41.7 Å². The van der Waals surface area contributed by atoms with E-state index in [-0.39, 0.29) is 30.0 Å².